The summed E-state index contributed by atoms with van der Waals surface area (Å²) in [7, 11) is 0. The summed E-state index contributed by atoms with van der Waals surface area (Å²) in [5.74, 6) is 0. The minimum atomic E-state index is -0.134. The topological polar surface area (TPSA) is 44.4 Å². The molecular weight excluding hydrogens is 156 g/mol. The van der Waals surface area contributed by atoms with Gasteiger partial charge in [-0.1, -0.05) is 0 Å². The van der Waals surface area contributed by atoms with Gasteiger partial charge in [-0.25, -0.2) is 5.11 Å². The van der Waals surface area contributed by atoms with Crippen molar-refractivity contribution in [3.05, 3.63) is 6.54 Å². The van der Waals surface area contributed by atoms with Crippen LogP contribution in [0.2, 0.25) is 0 Å². The molecule has 1 fully saturated rings. The molecule has 1 aliphatic rings. The Balaban J connectivity index is 1.91. The minimum Gasteiger partial charge on any atom is -0.378 e. The van der Waals surface area contributed by atoms with Crippen molar-refractivity contribution in [3.8, 4) is 0 Å². The van der Waals surface area contributed by atoms with E-state index in [-0.39, 0.29) is 6.61 Å². The normalized spacial score (nSPS) is 19.8. The van der Waals surface area contributed by atoms with Gasteiger partial charge in [0.15, 0.2) is 0 Å². The Morgan fingerprint density at radius 2 is 2.42 bits per heavy atom. The molecule has 70 valence electrons. The van der Waals surface area contributed by atoms with E-state index in [4.69, 9.17) is 4.74 Å². The zero-order valence-electron chi connectivity index (χ0n) is 7.29. The summed E-state index contributed by atoms with van der Waals surface area (Å²) in [5, 5.41) is 13.3. The van der Waals surface area contributed by atoms with E-state index in [2.05, 4.69) is 16.8 Å². The van der Waals surface area contributed by atoms with Crippen LogP contribution in [0.25, 0.3) is 0 Å². The summed E-state index contributed by atoms with van der Waals surface area (Å²) >= 11 is 0. The van der Waals surface area contributed by atoms with E-state index < -0.39 is 0 Å². The highest BCUT2D eigenvalue weighted by Gasteiger charge is 2.08. The molecule has 0 spiro atoms. The van der Waals surface area contributed by atoms with Gasteiger partial charge < -0.3 is 10.1 Å². The number of rotatable bonds is 5. The fourth-order valence-electron chi connectivity index (χ4n) is 1.16. The Morgan fingerprint density at radius 3 is 3.08 bits per heavy atom. The summed E-state index contributed by atoms with van der Waals surface area (Å²) < 4.78 is 5.09. The van der Waals surface area contributed by atoms with E-state index in [0.717, 1.165) is 26.2 Å². The molecule has 0 aromatic heterocycles. The molecule has 0 saturated carbocycles. The first-order chi connectivity index (χ1) is 5.93. The molecule has 0 aliphatic carbocycles. The van der Waals surface area contributed by atoms with Crippen LogP contribution >= 0.6 is 0 Å². The molecule has 0 amide bonds. The Bertz CT molecular complexity index is 105. The predicted molar refractivity (Wildman–Crippen MR) is 45.1 cm³/mol. The van der Waals surface area contributed by atoms with Crippen molar-refractivity contribution in [2.45, 2.75) is 0 Å². The van der Waals surface area contributed by atoms with Crippen LogP contribution in [0.1, 0.15) is 0 Å². The van der Waals surface area contributed by atoms with Gasteiger partial charge in [0, 0.05) is 32.7 Å². The van der Waals surface area contributed by atoms with Crippen LogP contribution in [0.4, 0.5) is 0 Å². The highest BCUT2D eigenvalue weighted by molar-refractivity contribution is 4.77. The number of piperazine rings is 1. The second-order valence-corrected chi connectivity index (χ2v) is 2.74. The fourth-order valence-corrected chi connectivity index (χ4v) is 1.16. The molecular formula is C8H16N2O2. The third kappa shape index (κ3) is 4.01. The minimum absolute atomic E-state index is 0.134. The maximum absolute atomic E-state index is 10.0. The molecule has 1 rings (SSSR count). The second kappa shape index (κ2) is 6.37. The molecule has 1 N–H and O–H groups in total. The first-order valence-electron chi connectivity index (χ1n) is 4.37. The molecule has 4 nitrogen and oxygen atoms in total. The smallest absolute Gasteiger partial charge is 0.106 e. The lowest BCUT2D eigenvalue weighted by Crippen LogP contribution is -2.41. The van der Waals surface area contributed by atoms with Crippen molar-refractivity contribution in [3.63, 3.8) is 0 Å². The maximum Gasteiger partial charge on any atom is 0.106 e. The van der Waals surface area contributed by atoms with Gasteiger partial charge in [0.2, 0.25) is 0 Å². The molecule has 2 radical (unpaired) electrons. The van der Waals surface area contributed by atoms with E-state index in [0.29, 0.717) is 13.2 Å². The van der Waals surface area contributed by atoms with Crippen LogP contribution in [0.15, 0.2) is 0 Å². The van der Waals surface area contributed by atoms with Gasteiger partial charge in [-0.15, -0.1) is 0 Å². The van der Waals surface area contributed by atoms with E-state index in [9.17, 15) is 5.11 Å². The lowest BCUT2D eigenvalue weighted by Gasteiger charge is -2.26. The number of hydrogen-bond acceptors (Lipinski definition) is 3. The first-order valence-corrected chi connectivity index (χ1v) is 4.37. The third-order valence-electron chi connectivity index (χ3n) is 1.82. The van der Waals surface area contributed by atoms with E-state index in [1.807, 2.05) is 0 Å². The largest absolute Gasteiger partial charge is 0.378 e. The van der Waals surface area contributed by atoms with Gasteiger partial charge in [0.25, 0.3) is 0 Å². The molecule has 0 aromatic carbocycles. The van der Waals surface area contributed by atoms with Crippen LogP contribution in [-0.2, 0) is 9.84 Å². The summed E-state index contributed by atoms with van der Waals surface area (Å²) in [4.78, 5) is 2.22. The molecule has 0 aromatic rings. The molecule has 0 bridgehead atoms. The van der Waals surface area contributed by atoms with E-state index in [1.165, 1.54) is 0 Å². The van der Waals surface area contributed by atoms with Crippen LogP contribution < -0.4 is 5.32 Å². The van der Waals surface area contributed by atoms with Gasteiger partial charge in [-0.2, -0.15) is 0 Å². The van der Waals surface area contributed by atoms with Crippen molar-refractivity contribution < 1.29 is 9.84 Å². The van der Waals surface area contributed by atoms with Crippen LogP contribution in [0, 0.1) is 6.54 Å². The second-order valence-electron chi connectivity index (χ2n) is 2.74. The molecule has 0 atom stereocenters. The molecule has 0 unspecified atom stereocenters. The number of nitrogens with zero attached hydrogens (tertiary/aromatic N) is 1. The first kappa shape index (κ1) is 9.92. The lowest BCUT2D eigenvalue weighted by molar-refractivity contribution is 0.0535. The van der Waals surface area contributed by atoms with Gasteiger partial charge in [0.1, 0.15) is 6.61 Å². The highest BCUT2D eigenvalue weighted by Crippen LogP contribution is 1.95. The quantitative estimate of drug-likeness (QED) is 0.569. The van der Waals surface area contributed by atoms with Crippen molar-refractivity contribution in [1.29, 1.82) is 0 Å². The van der Waals surface area contributed by atoms with Crippen molar-refractivity contribution in [2.24, 2.45) is 0 Å². The molecule has 1 heterocycles. The maximum atomic E-state index is 10.0. The Morgan fingerprint density at radius 1 is 1.50 bits per heavy atom. The Hall–Kier alpha value is -0.160. The average molecular weight is 172 g/mol. The molecule has 1 saturated heterocycles. The summed E-state index contributed by atoms with van der Waals surface area (Å²) in [6.07, 6.45) is 0. The van der Waals surface area contributed by atoms with E-state index >= 15 is 0 Å². The van der Waals surface area contributed by atoms with Crippen LogP contribution in [0.5, 0.6) is 0 Å². The zero-order valence-corrected chi connectivity index (χ0v) is 7.29. The molecule has 12 heavy (non-hydrogen) atoms. The third-order valence-corrected chi connectivity index (χ3v) is 1.82. The van der Waals surface area contributed by atoms with E-state index in [1.54, 1.807) is 0 Å². The highest BCUT2D eigenvalue weighted by atomic mass is 16.5. The monoisotopic (exact) mass is 172 g/mol. The molecule has 1 aliphatic heterocycles. The molecule has 4 heteroatoms. The predicted octanol–water partition coefficient (Wildman–Crippen LogP) is -0.500. The SMILES string of the molecule is [O]CCOCCN1[CH]CNCC1. The number of hydrogen-bond donors (Lipinski definition) is 1. The van der Waals surface area contributed by atoms with Crippen molar-refractivity contribution in [1.82, 2.24) is 10.2 Å². The Labute approximate surface area is 73.5 Å². The standard InChI is InChI=1S/C8H16N2O2/c11-6-8-12-7-5-10-3-1-9-2-4-10/h3,9H,1-2,4-8H2. The average Bonchev–Trinajstić information content (AvgIpc) is 2.14. The summed E-state index contributed by atoms with van der Waals surface area (Å²) in [5.41, 5.74) is 0. The van der Waals surface area contributed by atoms with Crippen LogP contribution in [0.3, 0.4) is 0 Å². The lowest BCUT2D eigenvalue weighted by atomic mass is 10.4. The summed E-state index contributed by atoms with van der Waals surface area (Å²) in [6.45, 7) is 6.93. The summed E-state index contributed by atoms with van der Waals surface area (Å²) in [6, 6.07) is 0. The fraction of sp³-hybridized carbons (Fsp3) is 0.875. The number of ether oxygens (including phenoxy) is 1. The van der Waals surface area contributed by atoms with Crippen molar-refractivity contribution >= 4 is 0 Å². The van der Waals surface area contributed by atoms with Crippen LogP contribution in [-0.4, -0.2) is 50.9 Å². The van der Waals surface area contributed by atoms with Gasteiger partial charge in [0.05, 0.1) is 13.2 Å². The Kier molecular flexibility index (Phi) is 5.27. The van der Waals surface area contributed by atoms with Gasteiger partial charge in [-0.05, 0) is 0 Å². The zero-order chi connectivity index (χ0) is 8.65. The van der Waals surface area contributed by atoms with Gasteiger partial charge in [-0.3, -0.25) is 4.90 Å². The number of nitrogens with one attached hydrogen (secondary N) is 1. The van der Waals surface area contributed by atoms with Gasteiger partial charge >= 0.3 is 0 Å². The van der Waals surface area contributed by atoms with Crippen molar-refractivity contribution in [2.75, 3.05) is 46.0 Å².